The normalized spacial score (nSPS) is 15.9. The SMILES string of the molecule is O=C(CN(Cc1ccccc1Cl)C(=O)CNS(=O)(=O)c1ccc(F)cc1)NC[C@@H]1CCCO1. The Hall–Kier alpha value is -2.53. The number of nitrogens with one attached hydrogen (secondary N) is 2. The van der Waals surface area contributed by atoms with Gasteiger partial charge in [-0.2, -0.15) is 0 Å². The molecule has 2 aromatic carbocycles. The molecule has 11 heteroatoms. The van der Waals surface area contributed by atoms with E-state index in [0.717, 1.165) is 37.1 Å². The fourth-order valence-corrected chi connectivity index (χ4v) is 4.46. The van der Waals surface area contributed by atoms with Crippen LogP contribution in [0.2, 0.25) is 5.02 Å². The average Bonchev–Trinajstić information content (AvgIpc) is 3.31. The molecule has 1 saturated heterocycles. The van der Waals surface area contributed by atoms with E-state index in [1.165, 1.54) is 4.90 Å². The number of nitrogens with zero attached hydrogens (tertiary/aromatic N) is 1. The standard InChI is InChI=1S/C22H25ClFN3O5S/c23-20-6-2-1-4-16(20)14-27(15-21(28)25-12-18-5-3-11-32-18)22(29)13-26-33(30,31)19-9-7-17(24)8-10-19/h1-2,4,6-10,18,26H,3,5,11-15H2,(H,25,28)/t18-/m0/s1. The molecule has 0 bridgehead atoms. The molecule has 1 aliphatic heterocycles. The van der Waals surface area contributed by atoms with Crippen molar-refractivity contribution in [1.29, 1.82) is 0 Å². The molecule has 3 rings (SSSR count). The van der Waals surface area contributed by atoms with Crippen LogP contribution < -0.4 is 10.0 Å². The minimum atomic E-state index is -4.04. The Balaban J connectivity index is 1.66. The highest BCUT2D eigenvalue weighted by Crippen LogP contribution is 2.17. The van der Waals surface area contributed by atoms with E-state index in [-0.39, 0.29) is 24.1 Å². The molecule has 0 unspecified atom stereocenters. The highest BCUT2D eigenvalue weighted by Gasteiger charge is 2.23. The van der Waals surface area contributed by atoms with Crippen LogP contribution in [0.1, 0.15) is 18.4 Å². The molecule has 2 amide bonds. The lowest BCUT2D eigenvalue weighted by atomic mass is 10.2. The van der Waals surface area contributed by atoms with Crippen LogP contribution in [-0.4, -0.2) is 57.5 Å². The molecular formula is C22H25ClFN3O5S. The van der Waals surface area contributed by atoms with Crippen molar-refractivity contribution in [3.8, 4) is 0 Å². The lowest BCUT2D eigenvalue weighted by Crippen LogP contribution is -2.45. The number of sulfonamides is 1. The van der Waals surface area contributed by atoms with E-state index in [2.05, 4.69) is 10.0 Å². The molecule has 0 spiro atoms. The highest BCUT2D eigenvalue weighted by molar-refractivity contribution is 7.89. The van der Waals surface area contributed by atoms with Gasteiger partial charge in [-0.05, 0) is 48.7 Å². The Labute approximate surface area is 197 Å². The lowest BCUT2D eigenvalue weighted by molar-refractivity contribution is -0.135. The first-order valence-electron chi connectivity index (χ1n) is 10.4. The number of amides is 2. The van der Waals surface area contributed by atoms with Crippen molar-refractivity contribution in [3.63, 3.8) is 0 Å². The van der Waals surface area contributed by atoms with Gasteiger partial charge in [0.2, 0.25) is 21.8 Å². The fourth-order valence-electron chi connectivity index (χ4n) is 3.29. The summed E-state index contributed by atoms with van der Waals surface area (Å²) in [7, 11) is -4.04. The second-order valence-electron chi connectivity index (χ2n) is 7.56. The summed E-state index contributed by atoms with van der Waals surface area (Å²) < 4.78 is 45.6. The highest BCUT2D eigenvalue weighted by atomic mass is 35.5. The topological polar surface area (TPSA) is 105 Å². The van der Waals surface area contributed by atoms with E-state index in [1.54, 1.807) is 24.3 Å². The monoisotopic (exact) mass is 497 g/mol. The summed E-state index contributed by atoms with van der Waals surface area (Å²) in [5.74, 6) is -1.59. The Bertz CT molecular complexity index is 1080. The molecule has 0 radical (unpaired) electrons. The fraction of sp³-hybridized carbons (Fsp3) is 0.364. The molecule has 178 valence electrons. The van der Waals surface area contributed by atoms with Crippen LogP contribution >= 0.6 is 11.6 Å². The quantitative estimate of drug-likeness (QED) is 0.523. The zero-order chi connectivity index (χ0) is 23.8. The van der Waals surface area contributed by atoms with Gasteiger partial charge in [0, 0.05) is 24.7 Å². The molecular weight excluding hydrogens is 473 g/mol. The predicted octanol–water partition coefficient (Wildman–Crippen LogP) is 2.08. The number of halogens is 2. The smallest absolute Gasteiger partial charge is 0.241 e. The number of carbonyl (C=O) groups excluding carboxylic acids is 2. The van der Waals surface area contributed by atoms with Crippen LogP contribution in [0.15, 0.2) is 53.4 Å². The van der Waals surface area contributed by atoms with Crippen LogP contribution in [0.5, 0.6) is 0 Å². The number of carbonyl (C=O) groups is 2. The first kappa shape index (κ1) is 25.1. The van der Waals surface area contributed by atoms with Gasteiger partial charge in [0.1, 0.15) is 5.82 Å². The lowest BCUT2D eigenvalue weighted by Gasteiger charge is -2.23. The third-order valence-corrected chi connectivity index (χ3v) is 6.88. The molecule has 2 aromatic rings. The Morgan fingerprint density at radius 2 is 1.88 bits per heavy atom. The largest absolute Gasteiger partial charge is 0.376 e. The van der Waals surface area contributed by atoms with E-state index in [0.29, 0.717) is 23.7 Å². The maximum absolute atomic E-state index is 13.1. The van der Waals surface area contributed by atoms with Crippen molar-refractivity contribution < 1.29 is 27.1 Å². The van der Waals surface area contributed by atoms with E-state index >= 15 is 0 Å². The summed E-state index contributed by atoms with van der Waals surface area (Å²) in [6, 6.07) is 11.1. The van der Waals surface area contributed by atoms with Crippen molar-refractivity contribution in [2.24, 2.45) is 0 Å². The first-order valence-corrected chi connectivity index (χ1v) is 12.3. The van der Waals surface area contributed by atoms with Gasteiger partial charge in [-0.15, -0.1) is 0 Å². The minimum Gasteiger partial charge on any atom is -0.376 e. The number of rotatable bonds is 10. The van der Waals surface area contributed by atoms with E-state index < -0.39 is 34.2 Å². The zero-order valence-electron chi connectivity index (χ0n) is 17.8. The molecule has 1 fully saturated rings. The van der Waals surface area contributed by atoms with Gasteiger partial charge in [-0.1, -0.05) is 29.8 Å². The van der Waals surface area contributed by atoms with Crippen molar-refractivity contribution in [3.05, 3.63) is 64.9 Å². The van der Waals surface area contributed by atoms with E-state index in [4.69, 9.17) is 16.3 Å². The maximum Gasteiger partial charge on any atom is 0.241 e. The Morgan fingerprint density at radius 1 is 1.15 bits per heavy atom. The van der Waals surface area contributed by atoms with E-state index in [9.17, 15) is 22.4 Å². The molecule has 0 saturated carbocycles. The van der Waals surface area contributed by atoms with Crippen LogP contribution in [0.3, 0.4) is 0 Å². The molecule has 0 aromatic heterocycles. The number of benzene rings is 2. The van der Waals surface area contributed by atoms with Crippen molar-refractivity contribution in [1.82, 2.24) is 14.9 Å². The Kier molecular flexibility index (Phi) is 8.79. The van der Waals surface area contributed by atoms with E-state index in [1.807, 2.05) is 0 Å². The van der Waals surface area contributed by atoms with Crippen molar-refractivity contribution in [2.75, 3.05) is 26.2 Å². The maximum atomic E-state index is 13.1. The third kappa shape index (κ3) is 7.50. The van der Waals surface area contributed by atoms with Gasteiger partial charge in [0.15, 0.2) is 0 Å². The van der Waals surface area contributed by atoms with Gasteiger partial charge >= 0.3 is 0 Å². The zero-order valence-corrected chi connectivity index (χ0v) is 19.4. The average molecular weight is 498 g/mol. The van der Waals surface area contributed by atoms with Crippen LogP contribution in [-0.2, 0) is 30.9 Å². The third-order valence-electron chi connectivity index (χ3n) is 5.09. The summed E-state index contributed by atoms with van der Waals surface area (Å²) in [6.07, 6.45) is 1.74. The second-order valence-corrected chi connectivity index (χ2v) is 9.73. The summed E-state index contributed by atoms with van der Waals surface area (Å²) >= 11 is 6.20. The number of hydrogen-bond acceptors (Lipinski definition) is 5. The predicted molar refractivity (Wildman–Crippen MR) is 120 cm³/mol. The Morgan fingerprint density at radius 3 is 2.55 bits per heavy atom. The van der Waals surface area contributed by atoms with Gasteiger partial charge in [0.05, 0.1) is 24.1 Å². The first-order chi connectivity index (χ1) is 15.7. The second kappa shape index (κ2) is 11.6. The minimum absolute atomic E-state index is 0.0180. The summed E-state index contributed by atoms with van der Waals surface area (Å²) in [5.41, 5.74) is 0.612. The van der Waals surface area contributed by atoms with Gasteiger partial charge in [-0.25, -0.2) is 17.5 Å². The van der Waals surface area contributed by atoms with Gasteiger partial charge < -0.3 is 15.0 Å². The molecule has 1 atom stereocenters. The van der Waals surface area contributed by atoms with Crippen molar-refractivity contribution >= 4 is 33.4 Å². The number of ether oxygens (including phenoxy) is 1. The number of hydrogen-bond donors (Lipinski definition) is 2. The van der Waals surface area contributed by atoms with Crippen molar-refractivity contribution in [2.45, 2.75) is 30.4 Å². The molecule has 2 N–H and O–H groups in total. The molecule has 1 aliphatic rings. The van der Waals surface area contributed by atoms with Crippen LogP contribution in [0.25, 0.3) is 0 Å². The summed E-state index contributed by atoms with van der Waals surface area (Å²) in [4.78, 5) is 26.4. The molecule has 1 heterocycles. The summed E-state index contributed by atoms with van der Waals surface area (Å²) in [6.45, 7) is 0.151. The van der Waals surface area contributed by atoms with Crippen LogP contribution in [0, 0.1) is 5.82 Å². The summed E-state index contributed by atoms with van der Waals surface area (Å²) in [5, 5.41) is 3.17. The molecule has 33 heavy (non-hydrogen) atoms. The molecule has 0 aliphatic carbocycles. The van der Waals surface area contributed by atoms with Gasteiger partial charge in [-0.3, -0.25) is 9.59 Å². The van der Waals surface area contributed by atoms with Gasteiger partial charge in [0.25, 0.3) is 0 Å². The van der Waals surface area contributed by atoms with Crippen LogP contribution in [0.4, 0.5) is 4.39 Å². The molecule has 8 nitrogen and oxygen atoms in total.